The Kier molecular flexibility index (Phi) is 2.53. The van der Waals surface area contributed by atoms with Crippen molar-refractivity contribution in [1.29, 1.82) is 0 Å². The molecule has 1 heterocycles. The van der Waals surface area contributed by atoms with Crippen molar-refractivity contribution in [2.45, 2.75) is 26.4 Å². The first-order valence-electron chi connectivity index (χ1n) is 5.34. The summed E-state index contributed by atoms with van der Waals surface area (Å²) in [6.07, 6.45) is 0. The van der Waals surface area contributed by atoms with Gasteiger partial charge in [0.25, 0.3) is 0 Å². The number of aromatic nitrogens is 2. The van der Waals surface area contributed by atoms with Crippen LogP contribution in [0.4, 0.5) is 5.82 Å². The zero-order valence-corrected chi connectivity index (χ0v) is 10.1. The number of nitrogens with one attached hydrogen (secondary N) is 1. The Morgan fingerprint density at radius 3 is 2.76 bits per heavy atom. The van der Waals surface area contributed by atoms with E-state index in [0.29, 0.717) is 16.8 Å². The lowest BCUT2D eigenvalue weighted by atomic mass is 10.1. The van der Waals surface area contributed by atoms with Gasteiger partial charge < -0.3 is 10.5 Å². The molecule has 1 aromatic heterocycles. The predicted octanol–water partition coefficient (Wildman–Crippen LogP) is 2.10. The molecule has 0 fully saturated rings. The van der Waals surface area contributed by atoms with Gasteiger partial charge in [-0.05, 0) is 32.9 Å². The van der Waals surface area contributed by atoms with E-state index in [1.165, 1.54) is 0 Å². The molecule has 0 bridgehead atoms. The van der Waals surface area contributed by atoms with E-state index in [9.17, 15) is 4.79 Å². The van der Waals surface area contributed by atoms with Gasteiger partial charge in [-0.25, -0.2) is 4.79 Å². The maximum absolute atomic E-state index is 12.0. The van der Waals surface area contributed by atoms with Gasteiger partial charge in [-0.1, -0.05) is 6.07 Å². The minimum atomic E-state index is -0.530. The average molecular weight is 233 g/mol. The highest BCUT2D eigenvalue weighted by molar-refractivity contribution is 6.07. The second-order valence-electron chi connectivity index (χ2n) is 4.84. The van der Waals surface area contributed by atoms with Crippen molar-refractivity contribution >= 4 is 22.7 Å². The lowest BCUT2D eigenvalue weighted by molar-refractivity contribution is 0.00719. The highest BCUT2D eigenvalue weighted by Gasteiger charge is 2.21. The van der Waals surface area contributed by atoms with Crippen LogP contribution in [-0.4, -0.2) is 21.8 Å². The smallest absolute Gasteiger partial charge is 0.339 e. The maximum Gasteiger partial charge on any atom is 0.339 e. The molecule has 3 N–H and O–H groups in total. The van der Waals surface area contributed by atoms with Crippen molar-refractivity contribution in [3.05, 3.63) is 23.8 Å². The fraction of sp³-hybridized carbons (Fsp3) is 0.333. The number of nitrogens with two attached hydrogens (primary N) is 1. The van der Waals surface area contributed by atoms with Crippen molar-refractivity contribution in [3.63, 3.8) is 0 Å². The van der Waals surface area contributed by atoms with Crippen molar-refractivity contribution in [3.8, 4) is 0 Å². The summed E-state index contributed by atoms with van der Waals surface area (Å²) in [5.41, 5.74) is 6.36. The number of nitrogen functional groups attached to an aromatic ring is 1. The Morgan fingerprint density at radius 1 is 1.41 bits per heavy atom. The molecule has 0 saturated heterocycles. The Labute approximate surface area is 98.9 Å². The summed E-state index contributed by atoms with van der Waals surface area (Å²) in [6, 6.07) is 5.26. The van der Waals surface area contributed by atoms with Gasteiger partial charge in [0.15, 0.2) is 5.82 Å². The number of hydrogen-bond donors (Lipinski definition) is 2. The van der Waals surface area contributed by atoms with Crippen LogP contribution in [0.1, 0.15) is 31.1 Å². The second kappa shape index (κ2) is 3.76. The third-order valence-electron chi connectivity index (χ3n) is 2.24. The quantitative estimate of drug-likeness (QED) is 0.739. The first-order chi connectivity index (χ1) is 7.88. The largest absolute Gasteiger partial charge is 0.456 e. The Morgan fingerprint density at radius 2 is 2.12 bits per heavy atom. The van der Waals surface area contributed by atoms with Gasteiger partial charge >= 0.3 is 5.97 Å². The highest BCUT2D eigenvalue weighted by Crippen LogP contribution is 2.24. The number of carbonyl (C=O) groups is 1. The third-order valence-corrected chi connectivity index (χ3v) is 2.24. The molecule has 0 aliphatic rings. The van der Waals surface area contributed by atoms with E-state index in [0.717, 1.165) is 5.52 Å². The fourth-order valence-electron chi connectivity index (χ4n) is 1.60. The van der Waals surface area contributed by atoms with Crippen molar-refractivity contribution in [1.82, 2.24) is 10.2 Å². The fourth-order valence-corrected chi connectivity index (χ4v) is 1.60. The first-order valence-corrected chi connectivity index (χ1v) is 5.34. The molecular weight excluding hydrogens is 218 g/mol. The van der Waals surface area contributed by atoms with Gasteiger partial charge in [-0.2, -0.15) is 5.10 Å². The van der Waals surface area contributed by atoms with Crippen molar-refractivity contribution < 1.29 is 9.53 Å². The van der Waals surface area contributed by atoms with Crippen LogP contribution in [0, 0.1) is 0 Å². The van der Waals surface area contributed by atoms with E-state index in [-0.39, 0.29) is 0 Å². The molecule has 5 heteroatoms. The van der Waals surface area contributed by atoms with E-state index < -0.39 is 11.6 Å². The predicted molar refractivity (Wildman–Crippen MR) is 65.7 cm³/mol. The molecule has 5 nitrogen and oxygen atoms in total. The van der Waals surface area contributed by atoms with E-state index in [4.69, 9.17) is 10.5 Å². The molecule has 2 aromatic rings. The monoisotopic (exact) mass is 233 g/mol. The zero-order chi connectivity index (χ0) is 12.6. The summed E-state index contributed by atoms with van der Waals surface area (Å²) in [5, 5.41) is 7.26. The molecule has 17 heavy (non-hydrogen) atoms. The molecular formula is C12H15N3O2. The number of ether oxygens (including phenoxy) is 1. The highest BCUT2D eigenvalue weighted by atomic mass is 16.6. The topological polar surface area (TPSA) is 81.0 Å². The van der Waals surface area contributed by atoms with Gasteiger partial charge in [0.2, 0.25) is 0 Å². The van der Waals surface area contributed by atoms with Gasteiger partial charge in [0.05, 0.1) is 16.5 Å². The molecule has 0 radical (unpaired) electrons. The van der Waals surface area contributed by atoms with E-state index in [2.05, 4.69) is 10.2 Å². The van der Waals surface area contributed by atoms with Crippen molar-refractivity contribution in [2.75, 3.05) is 5.73 Å². The number of carbonyl (C=O) groups excluding carboxylic acids is 1. The molecule has 2 rings (SSSR count). The van der Waals surface area contributed by atoms with Crippen LogP contribution in [0.2, 0.25) is 0 Å². The lowest BCUT2D eigenvalue weighted by Crippen LogP contribution is -2.24. The minimum absolute atomic E-state index is 0.307. The standard InChI is InChI=1S/C12H15N3O2/c1-12(2,3)17-11(16)7-5-4-6-8-9(7)10(13)15-14-8/h4-6H,1-3H3,(H3,13,14,15). The zero-order valence-electron chi connectivity index (χ0n) is 10.1. The molecule has 0 spiro atoms. The SMILES string of the molecule is CC(C)(C)OC(=O)c1cccc2[nH]nc(N)c12. The summed E-state index contributed by atoms with van der Waals surface area (Å²) in [5.74, 6) is -0.0855. The second-order valence-corrected chi connectivity index (χ2v) is 4.84. The van der Waals surface area contributed by atoms with Crippen LogP contribution in [0.3, 0.4) is 0 Å². The van der Waals surface area contributed by atoms with Gasteiger partial charge in [-0.3, -0.25) is 5.10 Å². The van der Waals surface area contributed by atoms with Gasteiger partial charge in [0.1, 0.15) is 5.60 Å². The Balaban J connectivity index is 2.48. The van der Waals surface area contributed by atoms with E-state index >= 15 is 0 Å². The van der Waals surface area contributed by atoms with Gasteiger partial charge in [0, 0.05) is 0 Å². The van der Waals surface area contributed by atoms with Crippen LogP contribution < -0.4 is 5.73 Å². The van der Waals surface area contributed by atoms with Gasteiger partial charge in [-0.15, -0.1) is 0 Å². The third kappa shape index (κ3) is 2.22. The minimum Gasteiger partial charge on any atom is -0.456 e. The summed E-state index contributed by atoms with van der Waals surface area (Å²) >= 11 is 0. The first kappa shape index (κ1) is 11.4. The number of benzene rings is 1. The molecule has 0 unspecified atom stereocenters. The molecule has 0 atom stereocenters. The summed E-state index contributed by atoms with van der Waals surface area (Å²) in [4.78, 5) is 12.0. The molecule has 0 saturated carbocycles. The molecule has 0 amide bonds. The Bertz CT molecular complexity index is 567. The van der Waals surface area contributed by atoms with Crippen molar-refractivity contribution in [2.24, 2.45) is 0 Å². The molecule has 1 aromatic carbocycles. The molecule has 90 valence electrons. The van der Waals surface area contributed by atoms with Crippen LogP contribution in [0.15, 0.2) is 18.2 Å². The number of anilines is 1. The number of fused-ring (bicyclic) bond motifs is 1. The summed E-state index contributed by atoms with van der Waals surface area (Å²) in [7, 11) is 0. The number of hydrogen-bond acceptors (Lipinski definition) is 4. The van der Waals surface area contributed by atoms with Crippen LogP contribution in [0.5, 0.6) is 0 Å². The van der Waals surface area contributed by atoms with E-state index in [1.54, 1.807) is 12.1 Å². The van der Waals surface area contributed by atoms with E-state index in [1.807, 2.05) is 26.8 Å². The number of H-pyrrole nitrogens is 1. The summed E-state index contributed by atoms with van der Waals surface area (Å²) < 4.78 is 5.32. The summed E-state index contributed by atoms with van der Waals surface area (Å²) in [6.45, 7) is 5.47. The molecule has 0 aliphatic carbocycles. The normalized spacial score (nSPS) is 11.7. The van der Waals surface area contributed by atoms with Crippen LogP contribution in [0.25, 0.3) is 10.9 Å². The number of nitrogens with zero attached hydrogens (tertiary/aromatic N) is 1. The average Bonchev–Trinajstić information content (AvgIpc) is 2.58. The lowest BCUT2D eigenvalue weighted by Gasteiger charge is -2.19. The number of aromatic amines is 1. The van der Waals surface area contributed by atoms with Crippen LogP contribution in [-0.2, 0) is 4.74 Å². The molecule has 0 aliphatic heterocycles. The number of esters is 1. The number of rotatable bonds is 1. The Hall–Kier alpha value is -2.04. The van der Waals surface area contributed by atoms with Crippen LogP contribution >= 0.6 is 0 Å². The maximum atomic E-state index is 12.0.